The molecule has 94 valence electrons. The minimum atomic E-state index is 0.508. The first kappa shape index (κ1) is 11.2. The van der Waals surface area contributed by atoms with Gasteiger partial charge in [0.05, 0.1) is 6.54 Å². The number of hydrogen-bond donors (Lipinski definition) is 1. The van der Waals surface area contributed by atoms with E-state index in [-0.39, 0.29) is 0 Å². The lowest BCUT2D eigenvalue weighted by molar-refractivity contribution is 0.390. The third kappa shape index (κ3) is 1.79. The van der Waals surface area contributed by atoms with Crippen molar-refractivity contribution in [3.63, 3.8) is 0 Å². The number of nitrogens with two attached hydrogens (primary N) is 1. The van der Waals surface area contributed by atoms with E-state index < -0.39 is 0 Å². The smallest absolute Gasteiger partial charge is 0.146 e. The molecule has 3 rings (SSSR count). The Bertz CT molecular complexity index is 398. The molecular formula is C13H22N4. The highest BCUT2D eigenvalue weighted by Gasteiger charge is 2.42. The second-order valence-corrected chi connectivity index (χ2v) is 5.61. The predicted octanol–water partition coefficient (Wildman–Crippen LogP) is 2.05. The first-order valence-corrected chi connectivity index (χ1v) is 6.95. The molecule has 0 amide bonds. The zero-order chi connectivity index (χ0) is 11.8. The molecule has 3 unspecified atom stereocenters. The second-order valence-electron chi connectivity index (χ2n) is 5.61. The highest BCUT2D eigenvalue weighted by atomic mass is 15.3. The van der Waals surface area contributed by atoms with Crippen molar-refractivity contribution in [2.75, 3.05) is 0 Å². The molecule has 0 aliphatic heterocycles. The SMILES string of the molecule is CCCn1c(CN)nnc1C1CC2CCC1C2. The number of fused-ring (bicyclic) bond motifs is 2. The average Bonchev–Trinajstić information content (AvgIpc) is 3.02. The Morgan fingerprint density at radius 1 is 1.29 bits per heavy atom. The van der Waals surface area contributed by atoms with Crippen LogP contribution in [0.1, 0.15) is 56.6 Å². The summed E-state index contributed by atoms with van der Waals surface area (Å²) in [7, 11) is 0. The lowest BCUT2D eigenvalue weighted by Crippen LogP contribution is -2.17. The molecule has 3 atom stereocenters. The van der Waals surface area contributed by atoms with Crippen LogP contribution in [0.2, 0.25) is 0 Å². The summed E-state index contributed by atoms with van der Waals surface area (Å²) in [6, 6.07) is 0. The Kier molecular flexibility index (Phi) is 2.90. The highest BCUT2D eigenvalue weighted by molar-refractivity contribution is 5.10. The summed E-state index contributed by atoms with van der Waals surface area (Å²) in [6.45, 7) is 3.72. The fourth-order valence-electron chi connectivity index (χ4n) is 3.80. The summed E-state index contributed by atoms with van der Waals surface area (Å²) >= 11 is 0. The Labute approximate surface area is 103 Å². The van der Waals surface area contributed by atoms with E-state index in [9.17, 15) is 0 Å². The van der Waals surface area contributed by atoms with Gasteiger partial charge in [-0.1, -0.05) is 13.3 Å². The van der Waals surface area contributed by atoms with Crippen molar-refractivity contribution in [2.45, 2.75) is 58.0 Å². The van der Waals surface area contributed by atoms with Gasteiger partial charge in [0.25, 0.3) is 0 Å². The molecule has 0 aromatic carbocycles. The first-order valence-electron chi connectivity index (χ1n) is 6.95. The molecule has 0 spiro atoms. The summed E-state index contributed by atoms with van der Waals surface area (Å²) in [4.78, 5) is 0. The molecule has 1 heterocycles. The van der Waals surface area contributed by atoms with Gasteiger partial charge in [-0.3, -0.25) is 0 Å². The largest absolute Gasteiger partial charge is 0.324 e. The molecule has 0 radical (unpaired) electrons. The summed E-state index contributed by atoms with van der Waals surface area (Å²) in [6.07, 6.45) is 6.71. The van der Waals surface area contributed by atoms with E-state index in [1.54, 1.807) is 0 Å². The van der Waals surface area contributed by atoms with Crippen LogP contribution in [0.25, 0.3) is 0 Å². The van der Waals surface area contributed by atoms with Gasteiger partial charge >= 0.3 is 0 Å². The lowest BCUT2D eigenvalue weighted by Gasteiger charge is -2.21. The Morgan fingerprint density at radius 2 is 2.18 bits per heavy atom. The van der Waals surface area contributed by atoms with Crippen LogP contribution in [0.4, 0.5) is 0 Å². The quantitative estimate of drug-likeness (QED) is 0.867. The van der Waals surface area contributed by atoms with E-state index >= 15 is 0 Å². The van der Waals surface area contributed by atoms with Gasteiger partial charge in [0.15, 0.2) is 0 Å². The fourth-order valence-corrected chi connectivity index (χ4v) is 3.80. The molecule has 2 aliphatic carbocycles. The van der Waals surface area contributed by atoms with Gasteiger partial charge in [-0.15, -0.1) is 10.2 Å². The lowest BCUT2D eigenvalue weighted by atomic mass is 9.88. The molecule has 4 nitrogen and oxygen atoms in total. The van der Waals surface area contributed by atoms with Crippen LogP contribution in [0.5, 0.6) is 0 Å². The first-order chi connectivity index (χ1) is 8.33. The van der Waals surface area contributed by atoms with Crippen molar-refractivity contribution >= 4 is 0 Å². The zero-order valence-electron chi connectivity index (χ0n) is 10.6. The van der Waals surface area contributed by atoms with Crippen LogP contribution in [0, 0.1) is 11.8 Å². The van der Waals surface area contributed by atoms with Gasteiger partial charge < -0.3 is 10.3 Å². The number of hydrogen-bond acceptors (Lipinski definition) is 3. The van der Waals surface area contributed by atoms with Gasteiger partial charge in [0.2, 0.25) is 0 Å². The summed E-state index contributed by atoms with van der Waals surface area (Å²) in [5, 5.41) is 8.71. The third-order valence-electron chi connectivity index (χ3n) is 4.56. The van der Waals surface area contributed by atoms with Crippen LogP contribution in [-0.2, 0) is 13.1 Å². The maximum atomic E-state index is 5.75. The normalized spacial score (nSPS) is 31.3. The van der Waals surface area contributed by atoms with Crippen LogP contribution < -0.4 is 5.73 Å². The fraction of sp³-hybridized carbons (Fsp3) is 0.846. The topological polar surface area (TPSA) is 56.7 Å². The minimum absolute atomic E-state index is 0.508. The summed E-state index contributed by atoms with van der Waals surface area (Å²) < 4.78 is 2.28. The van der Waals surface area contributed by atoms with E-state index in [1.165, 1.54) is 31.5 Å². The van der Waals surface area contributed by atoms with Crippen LogP contribution in [0.15, 0.2) is 0 Å². The molecule has 2 saturated carbocycles. The zero-order valence-corrected chi connectivity index (χ0v) is 10.6. The van der Waals surface area contributed by atoms with Crippen LogP contribution >= 0.6 is 0 Å². The molecule has 0 saturated heterocycles. The molecule has 2 N–H and O–H groups in total. The van der Waals surface area contributed by atoms with Crippen molar-refractivity contribution in [1.82, 2.24) is 14.8 Å². The van der Waals surface area contributed by atoms with Gasteiger partial charge in [-0.25, -0.2) is 0 Å². The predicted molar refractivity (Wildman–Crippen MR) is 66.4 cm³/mol. The van der Waals surface area contributed by atoms with Crippen molar-refractivity contribution in [2.24, 2.45) is 17.6 Å². The van der Waals surface area contributed by atoms with E-state index in [0.29, 0.717) is 12.5 Å². The molecule has 2 fully saturated rings. The van der Waals surface area contributed by atoms with E-state index in [4.69, 9.17) is 5.73 Å². The maximum absolute atomic E-state index is 5.75. The standard InChI is InChI=1S/C13H22N4/c1-2-5-17-12(8-14)15-16-13(17)11-7-9-3-4-10(11)6-9/h9-11H,2-8,14H2,1H3. The van der Waals surface area contributed by atoms with Crippen molar-refractivity contribution in [1.29, 1.82) is 0 Å². The highest BCUT2D eigenvalue weighted by Crippen LogP contribution is 2.52. The van der Waals surface area contributed by atoms with Gasteiger partial charge in [0.1, 0.15) is 11.6 Å². The van der Waals surface area contributed by atoms with Crippen LogP contribution in [0.3, 0.4) is 0 Å². The van der Waals surface area contributed by atoms with E-state index in [1.807, 2.05) is 0 Å². The number of nitrogens with zero attached hydrogens (tertiary/aromatic N) is 3. The maximum Gasteiger partial charge on any atom is 0.146 e. The molecule has 1 aromatic rings. The second kappa shape index (κ2) is 4.41. The summed E-state index contributed by atoms with van der Waals surface area (Å²) in [5.74, 6) is 4.67. The Morgan fingerprint density at radius 3 is 2.76 bits per heavy atom. The molecule has 17 heavy (non-hydrogen) atoms. The van der Waals surface area contributed by atoms with E-state index in [0.717, 1.165) is 30.6 Å². The Hall–Kier alpha value is -0.900. The monoisotopic (exact) mass is 234 g/mol. The molecule has 2 bridgehead atoms. The summed E-state index contributed by atoms with van der Waals surface area (Å²) in [5.41, 5.74) is 5.75. The third-order valence-corrected chi connectivity index (χ3v) is 4.56. The van der Waals surface area contributed by atoms with E-state index in [2.05, 4.69) is 21.7 Å². The molecule has 1 aromatic heterocycles. The van der Waals surface area contributed by atoms with Crippen molar-refractivity contribution < 1.29 is 0 Å². The Balaban J connectivity index is 1.89. The van der Waals surface area contributed by atoms with Crippen molar-refractivity contribution in [3.8, 4) is 0 Å². The molecule has 2 aliphatic rings. The van der Waals surface area contributed by atoms with Crippen LogP contribution in [-0.4, -0.2) is 14.8 Å². The number of aromatic nitrogens is 3. The van der Waals surface area contributed by atoms with Gasteiger partial charge in [-0.2, -0.15) is 0 Å². The van der Waals surface area contributed by atoms with Crippen molar-refractivity contribution in [3.05, 3.63) is 11.6 Å². The molecule has 4 heteroatoms. The van der Waals surface area contributed by atoms with Gasteiger partial charge in [-0.05, 0) is 37.5 Å². The minimum Gasteiger partial charge on any atom is -0.324 e. The number of rotatable bonds is 4. The van der Waals surface area contributed by atoms with Gasteiger partial charge in [0, 0.05) is 12.5 Å². The average molecular weight is 234 g/mol. The molecular weight excluding hydrogens is 212 g/mol.